The third-order valence-electron chi connectivity index (χ3n) is 3.03. The summed E-state index contributed by atoms with van der Waals surface area (Å²) in [4.78, 5) is 0. The van der Waals surface area contributed by atoms with Crippen LogP contribution in [0.15, 0.2) is 48.5 Å². The van der Waals surface area contributed by atoms with E-state index in [0.717, 1.165) is 16.7 Å². The lowest BCUT2D eigenvalue weighted by molar-refractivity contribution is 0.0536. The Labute approximate surface area is 118 Å². The first-order valence-electron chi connectivity index (χ1n) is 6.54. The first-order valence-corrected chi connectivity index (χ1v) is 6.54. The number of hydrogen-bond donors (Lipinski definition) is 3. The standard InChI is InChI=1S/C16H19NO3/c17-9-12-1-3-13(4-2-12)14-5-7-16(8-6-14)20-11-15(19)10-18/h1-8,15,18-19H,9-11,17H2. The Morgan fingerprint density at radius 1 is 0.950 bits per heavy atom. The fourth-order valence-corrected chi connectivity index (χ4v) is 1.82. The Balaban J connectivity index is 2.03. The fourth-order valence-electron chi connectivity index (χ4n) is 1.82. The summed E-state index contributed by atoms with van der Waals surface area (Å²) >= 11 is 0. The molecule has 2 aromatic rings. The SMILES string of the molecule is NCc1ccc(-c2ccc(OCC(O)CO)cc2)cc1. The summed E-state index contributed by atoms with van der Waals surface area (Å²) < 4.78 is 5.36. The lowest BCUT2D eigenvalue weighted by Gasteiger charge is -2.10. The molecule has 2 aromatic carbocycles. The lowest BCUT2D eigenvalue weighted by Crippen LogP contribution is -2.21. The Morgan fingerprint density at radius 3 is 2.00 bits per heavy atom. The van der Waals surface area contributed by atoms with E-state index in [9.17, 15) is 5.11 Å². The van der Waals surface area contributed by atoms with Gasteiger partial charge in [0.2, 0.25) is 0 Å². The van der Waals surface area contributed by atoms with E-state index in [-0.39, 0.29) is 13.2 Å². The molecule has 0 saturated carbocycles. The molecule has 0 heterocycles. The number of nitrogens with two attached hydrogens (primary N) is 1. The molecule has 0 aliphatic heterocycles. The lowest BCUT2D eigenvalue weighted by atomic mass is 10.0. The number of benzene rings is 2. The monoisotopic (exact) mass is 273 g/mol. The summed E-state index contributed by atoms with van der Waals surface area (Å²) in [5.74, 6) is 0.667. The average Bonchev–Trinajstić information content (AvgIpc) is 2.53. The van der Waals surface area contributed by atoms with Crippen LogP contribution in [0.5, 0.6) is 5.75 Å². The highest BCUT2D eigenvalue weighted by atomic mass is 16.5. The van der Waals surface area contributed by atoms with E-state index < -0.39 is 6.10 Å². The molecule has 0 bridgehead atoms. The summed E-state index contributed by atoms with van der Waals surface area (Å²) in [6, 6.07) is 15.7. The van der Waals surface area contributed by atoms with Crippen LogP contribution in [0.4, 0.5) is 0 Å². The van der Waals surface area contributed by atoms with Crippen molar-refractivity contribution in [3.05, 3.63) is 54.1 Å². The number of rotatable bonds is 6. The van der Waals surface area contributed by atoms with Crippen LogP contribution in [0.25, 0.3) is 11.1 Å². The smallest absolute Gasteiger partial charge is 0.119 e. The van der Waals surface area contributed by atoms with E-state index >= 15 is 0 Å². The van der Waals surface area contributed by atoms with Crippen molar-refractivity contribution in [2.45, 2.75) is 12.6 Å². The van der Waals surface area contributed by atoms with E-state index in [0.29, 0.717) is 12.3 Å². The van der Waals surface area contributed by atoms with E-state index in [1.165, 1.54) is 0 Å². The summed E-state index contributed by atoms with van der Waals surface area (Å²) in [6.45, 7) is 0.326. The van der Waals surface area contributed by atoms with Crippen molar-refractivity contribution in [1.29, 1.82) is 0 Å². The molecule has 4 nitrogen and oxygen atoms in total. The molecule has 0 aromatic heterocycles. The van der Waals surface area contributed by atoms with E-state index in [1.807, 2.05) is 48.5 Å². The third kappa shape index (κ3) is 3.81. The number of aliphatic hydroxyl groups is 2. The maximum Gasteiger partial charge on any atom is 0.119 e. The van der Waals surface area contributed by atoms with Gasteiger partial charge in [-0.15, -0.1) is 0 Å². The van der Waals surface area contributed by atoms with Gasteiger partial charge in [-0.2, -0.15) is 0 Å². The van der Waals surface area contributed by atoms with Gasteiger partial charge < -0.3 is 20.7 Å². The molecule has 0 aliphatic carbocycles. The van der Waals surface area contributed by atoms with Gasteiger partial charge in [-0.05, 0) is 28.8 Å². The van der Waals surface area contributed by atoms with E-state index in [4.69, 9.17) is 15.6 Å². The van der Waals surface area contributed by atoms with Gasteiger partial charge in [-0.25, -0.2) is 0 Å². The largest absolute Gasteiger partial charge is 0.491 e. The van der Waals surface area contributed by atoms with Gasteiger partial charge in [0.05, 0.1) is 6.61 Å². The van der Waals surface area contributed by atoms with Gasteiger partial charge in [0.15, 0.2) is 0 Å². The Bertz CT molecular complexity index is 522. The molecule has 0 fully saturated rings. The van der Waals surface area contributed by atoms with Crippen LogP contribution < -0.4 is 10.5 Å². The first-order chi connectivity index (χ1) is 9.72. The zero-order chi connectivity index (χ0) is 14.4. The van der Waals surface area contributed by atoms with Crippen molar-refractivity contribution < 1.29 is 14.9 Å². The normalized spacial score (nSPS) is 12.2. The van der Waals surface area contributed by atoms with Crippen LogP contribution in [-0.4, -0.2) is 29.5 Å². The van der Waals surface area contributed by atoms with Crippen molar-refractivity contribution in [2.24, 2.45) is 5.73 Å². The third-order valence-corrected chi connectivity index (χ3v) is 3.03. The minimum absolute atomic E-state index is 0.0844. The van der Waals surface area contributed by atoms with Crippen molar-refractivity contribution >= 4 is 0 Å². The highest BCUT2D eigenvalue weighted by Gasteiger charge is 2.03. The van der Waals surface area contributed by atoms with Crippen LogP contribution in [0.2, 0.25) is 0 Å². The van der Waals surface area contributed by atoms with Crippen LogP contribution in [-0.2, 0) is 6.54 Å². The first kappa shape index (κ1) is 14.5. The minimum Gasteiger partial charge on any atom is -0.491 e. The maximum absolute atomic E-state index is 9.22. The number of ether oxygens (including phenoxy) is 1. The number of hydrogen-bond acceptors (Lipinski definition) is 4. The van der Waals surface area contributed by atoms with E-state index in [1.54, 1.807) is 0 Å². The second kappa shape index (κ2) is 7.05. The van der Waals surface area contributed by atoms with Crippen molar-refractivity contribution in [3.63, 3.8) is 0 Å². The minimum atomic E-state index is -0.849. The van der Waals surface area contributed by atoms with Gasteiger partial charge in [-0.3, -0.25) is 0 Å². The second-order valence-electron chi connectivity index (χ2n) is 4.57. The van der Waals surface area contributed by atoms with Crippen molar-refractivity contribution in [3.8, 4) is 16.9 Å². The Kier molecular flexibility index (Phi) is 5.12. The van der Waals surface area contributed by atoms with E-state index in [2.05, 4.69) is 0 Å². The molecular formula is C16H19NO3. The topological polar surface area (TPSA) is 75.7 Å². The van der Waals surface area contributed by atoms with Crippen LogP contribution in [0.1, 0.15) is 5.56 Å². The molecule has 106 valence electrons. The summed E-state index contributed by atoms with van der Waals surface area (Å²) in [5, 5.41) is 17.9. The molecule has 20 heavy (non-hydrogen) atoms. The molecule has 1 atom stereocenters. The van der Waals surface area contributed by atoms with Gasteiger partial charge in [-0.1, -0.05) is 36.4 Å². The zero-order valence-corrected chi connectivity index (χ0v) is 11.2. The molecule has 1 unspecified atom stereocenters. The van der Waals surface area contributed by atoms with Gasteiger partial charge in [0, 0.05) is 6.54 Å². The molecule has 2 rings (SSSR count). The summed E-state index contributed by atoms with van der Waals surface area (Å²) in [5.41, 5.74) is 8.88. The van der Waals surface area contributed by atoms with Gasteiger partial charge in [0.1, 0.15) is 18.5 Å². The molecule has 0 saturated heterocycles. The van der Waals surface area contributed by atoms with Crippen LogP contribution in [0, 0.1) is 0 Å². The predicted octanol–water partition coefficient (Wildman–Crippen LogP) is 1.54. The Morgan fingerprint density at radius 2 is 1.50 bits per heavy atom. The van der Waals surface area contributed by atoms with Crippen LogP contribution >= 0.6 is 0 Å². The molecule has 0 spiro atoms. The maximum atomic E-state index is 9.22. The average molecular weight is 273 g/mol. The second-order valence-corrected chi connectivity index (χ2v) is 4.57. The quantitative estimate of drug-likeness (QED) is 0.746. The molecule has 4 heteroatoms. The van der Waals surface area contributed by atoms with Gasteiger partial charge >= 0.3 is 0 Å². The zero-order valence-electron chi connectivity index (χ0n) is 11.2. The number of aliphatic hydroxyl groups excluding tert-OH is 2. The van der Waals surface area contributed by atoms with Crippen molar-refractivity contribution in [1.82, 2.24) is 0 Å². The Hall–Kier alpha value is -1.88. The molecule has 4 N–H and O–H groups in total. The van der Waals surface area contributed by atoms with Crippen LogP contribution in [0.3, 0.4) is 0 Å². The highest BCUT2D eigenvalue weighted by molar-refractivity contribution is 5.64. The highest BCUT2D eigenvalue weighted by Crippen LogP contribution is 2.22. The molecular weight excluding hydrogens is 254 g/mol. The molecule has 0 radical (unpaired) electrons. The summed E-state index contributed by atoms with van der Waals surface area (Å²) in [7, 11) is 0. The predicted molar refractivity (Wildman–Crippen MR) is 78.4 cm³/mol. The summed E-state index contributed by atoms with van der Waals surface area (Å²) in [6.07, 6.45) is -0.849. The van der Waals surface area contributed by atoms with Gasteiger partial charge in [0.25, 0.3) is 0 Å². The molecule has 0 aliphatic rings. The molecule has 0 amide bonds. The van der Waals surface area contributed by atoms with Crippen molar-refractivity contribution in [2.75, 3.05) is 13.2 Å². The fraction of sp³-hybridized carbons (Fsp3) is 0.250.